The van der Waals surface area contributed by atoms with E-state index in [1.165, 1.54) is 17.2 Å². The van der Waals surface area contributed by atoms with Crippen molar-refractivity contribution in [2.75, 3.05) is 0 Å². The van der Waals surface area contributed by atoms with Crippen molar-refractivity contribution in [2.45, 2.75) is 25.9 Å². The molecule has 24 heavy (non-hydrogen) atoms. The predicted molar refractivity (Wildman–Crippen MR) is 92.7 cm³/mol. The molecule has 4 heteroatoms. The fourth-order valence-electron chi connectivity index (χ4n) is 3.72. The number of hydrogen-bond acceptors (Lipinski definition) is 2. The van der Waals surface area contributed by atoms with Gasteiger partial charge < -0.3 is 4.57 Å². The molecule has 0 N–H and O–H groups in total. The highest BCUT2D eigenvalue weighted by Crippen LogP contribution is 2.37. The summed E-state index contributed by atoms with van der Waals surface area (Å²) in [7, 11) is 0. The molecule has 0 saturated carbocycles. The van der Waals surface area contributed by atoms with Gasteiger partial charge in [-0.2, -0.15) is 0 Å². The summed E-state index contributed by atoms with van der Waals surface area (Å²) in [5.74, 6) is 0.833. The van der Waals surface area contributed by atoms with Gasteiger partial charge in [-0.3, -0.25) is 4.99 Å². The lowest BCUT2D eigenvalue weighted by molar-refractivity contribution is 0.630. The topological polar surface area (TPSA) is 30.2 Å². The van der Waals surface area contributed by atoms with Crippen molar-refractivity contribution >= 4 is 6.21 Å². The van der Waals surface area contributed by atoms with Crippen molar-refractivity contribution in [3.8, 4) is 22.5 Å². The molecular formula is C20H16FN3. The van der Waals surface area contributed by atoms with Crippen molar-refractivity contribution < 1.29 is 4.39 Å². The van der Waals surface area contributed by atoms with Crippen LogP contribution in [0.3, 0.4) is 0 Å². The van der Waals surface area contributed by atoms with Crippen LogP contribution in [-0.2, 0) is 19.5 Å². The van der Waals surface area contributed by atoms with Crippen LogP contribution in [0.2, 0.25) is 0 Å². The van der Waals surface area contributed by atoms with E-state index in [2.05, 4.69) is 27.8 Å². The first-order chi connectivity index (χ1) is 11.8. The first-order valence-electron chi connectivity index (χ1n) is 8.29. The maximum Gasteiger partial charge on any atom is 0.132 e. The van der Waals surface area contributed by atoms with Gasteiger partial charge >= 0.3 is 0 Å². The van der Waals surface area contributed by atoms with Crippen LogP contribution in [0.25, 0.3) is 22.5 Å². The SMILES string of the molecule is Fc1ccccc1-c1nc2n(c1-c1ccc3c(c1)CN=C3)CCC2. The van der Waals surface area contributed by atoms with Crippen molar-refractivity contribution in [1.29, 1.82) is 0 Å². The Kier molecular flexibility index (Phi) is 2.92. The molecule has 1 aromatic heterocycles. The Hall–Kier alpha value is -2.75. The lowest BCUT2D eigenvalue weighted by atomic mass is 10.0. The second-order valence-electron chi connectivity index (χ2n) is 6.34. The summed E-state index contributed by atoms with van der Waals surface area (Å²) in [5, 5.41) is 0. The number of fused-ring (bicyclic) bond motifs is 2. The second kappa shape index (κ2) is 5.13. The van der Waals surface area contributed by atoms with Crippen molar-refractivity contribution in [3.63, 3.8) is 0 Å². The molecular weight excluding hydrogens is 301 g/mol. The molecule has 0 fully saturated rings. The first-order valence-corrected chi connectivity index (χ1v) is 8.29. The standard InChI is InChI=1S/C20H16FN3/c21-17-5-2-1-4-16(17)19-20(24-9-3-6-18(24)23-19)13-7-8-14-11-22-12-15(14)10-13/h1-2,4-5,7-8,10-11H,3,6,9,12H2. The Morgan fingerprint density at radius 2 is 2.00 bits per heavy atom. The highest BCUT2D eigenvalue weighted by Gasteiger charge is 2.25. The van der Waals surface area contributed by atoms with Crippen molar-refractivity contribution in [1.82, 2.24) is 9.55 Å². The van der Waals surface area contributed by atoms with Gasteiger partial charge in [0.2, 0.25) is 0 Å². The minimum absolute atomic E-state index is 0.222. The lowest BCUT2D eigenvalue weighted by Gasteiger charge is -2.10. The number of imidazole rings is 1. The van der Waals surface area contributed by atoms with Gasteiger partial charge in [0.15, 0.2) is 0 Å². The highest BCUT2D eigenvalue weighted by molar-refractivity contribution is 5.87. The molecule has 0 amide bonds. The van der Waals surface area contributed by atoms with E-state index in [1.54, 1.807) is 6.07 Å². The number of halogens is 1. The van der Waals surface area contributed by atoms with Crippen LogP contribution in [0.1, 0.15) is 23.4 Å². The summed E-state index contributed by atoms with van der Waals surface area (Å²) in [6.07, 6.45) is 3.97. The van der Waals surface area contributed by atoms with Gasteiger partial charge in [-0.1, -0.05) is 24.3 Å². The average molecular weight is 317 g/mol. The van der Waals surface area contributed by atoms with E-state index in [1.807, 2.05) is 18.3 Å². The molecule has 2 aliphatic rings. The Balaban J connectivity index is 1.75. The molecule has 3 heterocycles. The van der Waals surface area contributed by atoms with Crippen LogP contribution in [0.15, 0.2) is 47.5 Å². The Bertz CT molecular complexity index is 985. The van der Waals surface area contributed by atoms with Crippen LogP contribution < -0.4 is 0 Å². The summed E-state index contributed by atoms with van der Waals surface area (Å²) in [4.78, 5) is 9.12. The number of aromatic nitrogens is 2. The zero-order chi connectivity index (χ0) is 16.1. The molecule has 2 aliphatic heterocycles. The van der Waals surface area contributed by atoms with Gasteiger partial charge in [0.05, 0.1) is 17.9 Å². The van der Waals surface area contributed by atoms with Crippen LogP contribution in [0, 0.1) is 5.82 Å². The van der Waals surface area contributed by atoms with Crippen molar-refractivity contribution in [3.05, 3.63) is 65.2 Å². The van der Waals surface area contributed by atoms with E-state index in [0.29, 0.717) is 5.56 Å². The monoisotopic (exact) mass is 317 g/mol. The van der Waals surface area contributed by atoms with E-state index in [9.17, 15) is 4.39 Å². The number of aryl methyl sites for hydroxylation is 1. The third kappa shape index (κ3) is 1.96. The zero-order valence-corrected chi connectivity index (χ0v) is 13.2. The normalized spacial score (nSPS) is 14.9. The molecule has 0 radical (unpaired) electrons. The average Bonchev–Trinajstić information content (AvgIpc) is 3.29. The molecule has 5 rings (SSSR count). The molecule has 3 nitrogen and oxygen atoms in total. The van der Waals surface area contributed by atoms with E-state index in [4.69, 9.17) is 4.98 Å². The van der Waals surface area contributed by atoms with E-state index in [-0.39, 0.29) is 5.82 Å². The largest absolute Gasteiger partial charge is 0.327 e. The van der Waals surface area contributed by atoms with Gasteiger partial charge in [-0.15, -0.1) is 0 Å². The van der Waals surface area contributed by atoms with E-state index in [0.717, 1.165) is 48.7 Å². The molecule has 0 atom stereocenters. The van der Waals surface area contributed by atoms with Crippen LogP contribution >= 0.6 is 0 Å². The number of nitrogens with zero attached hydrogens (tertiary/aromatic N) is 3. The summed E-state index contributed by atoms with van der Waals surface area (Å²) in [6.45, 7) is 1.67. The minimum atomic E-state index is -0.222. The lowest BCUT2D eigenvalue weighted by Crippen LogP contribution is -1.98. The highest BCUT2D eigenvalue weighted by atomic mass is 19.1. The summed E-state index contributed by atoms with van der Waals surface area (Å²) in [6, 6.07) is 13.3. The Morgan fingerprint density at radius 1 is 1.08 bits per heavy atom. The molecule has 2 aromatic carbocycles. The third-order valence-corrected chi connectivity index (χ3v) is 4.87. The Labute approximate surface area is 139 Å². The van der Waals surface area contributed by atoms with E-state index < -0.39 is 0 Å². The van der Waals surface area contributed by atoms with Crippen LogP contribution in [-0.4, -0.2) is 15.8 Å². The fraction of sp³-hybridized carbons (Fsp3) is 0.200. The summed E-state index contributed by atoms with van der Waals surface area (Å²) < 4.78 is 16.6. The van der Waals surface area contributed by atoms with Crippen molar-refractivity contribution in [2.24, 2.45) is 4.99 Å². The second-order valence-corrected chi connectivity index (χ2v) is 6.34. The van der Waals surface area contributed by atoms with Gasteiger partial charge in [0.25, 0.3) is 0 Å². The summed E-state index contributed by atoms with van der Waals surface area (Å²) in [5.41, 5.74) is 5.85. The first kappa shape index (κ1) is 13.7. The van der Waals surface area contributed by atoms with Gasteiger partial charge in [-0.05, 0) is 35.7 Å². The van der Waals surface area contributed by atoms with Gasteiger partial charge in [0, 0.05) is 30.3 Å². The molecule has 118 valence electrons. The zero-order valence-electron chi connectivity index (χ0n) is 13.2. The number of rotatable bonds is 2. The maximum atomic E-state index is 14.4. The number of aliphatic imine (C=N–C) groups is 1. The Morgan fingerprint density at radius 3 is 2.92 bits per heavy atom. The number of hydrogen-bond donors (Lipinski definition) is 0. The maximum absolute atomic E-state index is 14.4. The predicted octanol–water partition coefficient (Wildman–Crippen LogP) is 4.23. The van der Waals surface area contributed by atoms with Crippen LogP contribution in [0.5, 0.6) is 0 Å². The smallest absolute Gasteiger partial charge is 0.132 e. The molecule has 0 saturated heterocycles. The molecule has 0 bridgehead atoms. The quantitative estimate of drug-likeness (QED) is 0.695. The molecule has 0 unspecified atom stereocenters. The third-order valence-electron chi connectivity index (χ3n) is 4.87. The molecule has 0 aliphatic carbocycles. The summed E-state index contributed by atoms with van der Waals surface area (Å²) >= 11 is 0. The van der Waals surface area contributed by atoms with Gasteiger partial charge in [-0.25, -0.2) is 9.37 Å². The minimum Gasteiger partial charge on any atom is -0.327 e. The molecule has 3 aromatic rings. The number of benzene rings is 2. The van der Waals surface area contributed by atoms with Gasteiger partial charge in [0.1, 0.15) is 11.6 Å². The molecule has 0 spiro atoms. The van der Waals surface area contributed by atoms with Crippen LogP contribution in [0.4, 0.5) is 4.39 Å². The van der Waals surface area contributed by atoms with E-state index >= 15 is 0 Å². The fourth-order valence-corrected chi connectivity index (χ4v) is 3.72.